The fourth-order valence-corrected chi connectivity index (χ4v) is 2.08. The second-order valence-electron chi connectivity index (χ2n) is 3.97. The zero-order chi connectivity index (χ0) is 9.68. The smallest absolute Gasteiger partial charge is 0.109 e. The Balaban J connectivity index is 2.14. The number of hydrogen-bond acceptors (Lipinski definition) is 2. The molecule has 0 aromatic rings. The van der Waals surface area contributed by atoms with Gasteiger partial charge in [0.25, 0.3) is 0 Å². The van der Waals surface area contributed by atoms with Crippen LogP contribution in [0.2, 0.25) is 0 Å². The van der Waals surface area contributed by atoms with E-state index in [4.69, 9.17) is 7.80 Å². The largest absolute Gasteiger partial charge is 0.375 e. The Bertz CT molecular complexity index is 141. The van der Waals surface area contributed by atoms with Crippen molar-refractivity contribution < 1.29 is 7.80 Å². The lowest BCUT2D eigenvalue weighted by molar-refractivity contribution is -0.0727. The zero-order valence-corrected chi connectivity index (χ0v) is 10.6. The fraction of sp³-hybridized carbons (Fsp3) is 1.00. The molecule has 1 aliphatic heterocycles. The predicted molar refractivity (Wildman–Crippen MR) is 61.9 cm³/mol. The number of rotatable bonds is 4. The summed E-state index contributed by atoms with van der Waals surface area (Å²) in [6.07, 6.45) is 5.75. The van der Waals surface area contributed by atoms with E-state index >= 15 is 0 Å². The quantitative estimate of drug-likeness (QED) is 0.585. The maximum atomic E-state index is 5.89. The second-order valence-corrected chi connectivity index (χ2v) is 4.60. The van der Waals surface area contributed by atoms with E-state index in [0.717, 1.165) is 25.4 Å². The van der Waals surface area contributed by atoms with E-state index in [2.05, 4.69) is 13.8 Å². The van der Waals surface area contributed by atoms with Crippen LogP contribution in [0.3, 0.4) is 0 Å². The third kappa shape index (κ3) is 4.13. The Labute approximate surface area is 95.1 Å². The molecule has 0 N–H and O–H groups in total. The lowest BCUT2D eigenvalue weighted by Gasteiger charge is -2.32. The summed E-state index contributed by atoms with van der Waals surface area (Å²) in [5, 5.41) is 0. The van der Waals surface area contributed by atoms with E-state index < -0.39 is 0 Å². The normalized spacial score (nSPS) is 34.8. The molecule has 0 bridgehead atoms. The number of hydrogen-bond donors (Lipinski definition) is 0. The minimum Gasteiger partial charge on any atom is -0.375 e. The molecular formula is C10H19IO2. The second kappa shape index (κ2) is 6.19. The average Bonchev–Trinajstić information content (AvgIpc) is 2.12. The van der Waals surface area contributed by atoms with Crippen LogP contribution in [0.5, 0.6) is 0 Å². The minimum absolute atomic E-state index is 0.444. The number of halogens is 1. The highest BCUT2D eigenvalue weighted by Crippen LogP contribution is 2.26. The first kappa shape index (κ1) is 11.7. The molecule has 3 atom stereocenters. The fourth-order valence-electron chi connectivity index (χ4n) is 1.77. The van der Waals surface area contributed by atoms with Gasteiger partial charge in [0.2, 0.25) is 0 Å². The summed E-state index contributed by atoms with van der Waals surface area (Å²) in [4.78, 5) is 0. The van der Waals surface area contributed by atoms with Gasteiger partial charge < -0.3 is 7.80 Å². The molecule has 1 fully saturated rings. The molecule has 3 unspecified atom stereocenters. The molecule has 1 saturated heterocycles. The van der Waals surface area contributed by atoms with Crippen molar-refractivity contribution in [3.63, 3.8) is 0 Å². The van der Waals surface area contributed by atoms with Crippen molar-refractivity contribution in [2.24, 2.45) is 5.92 Å². The van der Waals surface area contributed by atoms with Crippen LogP contribution in [0, 0.1) is 5.92 Å². The molecule has 0 aliphatic carbocycles. The maximum Gasteiger partial charge on any atom is 0.109 e. The summed E-state index contributed by atoms with van der Waals surface area (Å²) in [6, 6.07) is 0. The Hall–Kier alpha value is 0.650. The molecule has 13 heavy (non-hydrogen) atoms. The van der Waals surface area contributed by atoms with Gasteiger partial charge in [-0.25, -0.2) is 0 Å². The topological polar surface area (TPSA) is 18.5 Å². The van der Waals surface area contributed by atoms with Crippen molar-refractivity contribution in [2.45, 2.75) is 51.7 Å². The van der Waals surface area contributed by atoms with Gasteiger partial charge in [0.1, 0.15) is 23.0 Å². The van der Waals surface area contributed by atoms with E-state index in [9.17, 15) is 0 Å². The Kier molecular flexibility index (Phi) is 5.58. The lowest BCUT2D eigenvalue weighted by Crippen LogP contribution is -2.31. The molecule has 1 aliphatic rings. The summed E-state index contributed by atoms with van der Waals surface area (Å²) in [6.45, 7) is 5.31. The maximum absolute atomic E-state index is 5.89. The van der Waals surface area contributed by atoms with Crippen LogP contribution >= 0.6 is 23.0 Å². The Morgan fingerprint density at radius 2 is 2.15 bits per heavy atom. The van der Waals surface area contributed by atoms with Gasteiger partial charge >= 0.3 is 0 Å². The van der Waals surface area contributed by atoms with Crippen LogP contribution in [0.4, 0.5) is 0 Å². The van der Waals surface area contributed by atoms with Gasteiger partial charge in [0.15, 0.2) is 0 Å². The molecule has 3 heteroatoms. The van der Waals surface area contributed by atoms with E-state index in [1.807, 2.05) is 23.0 Å². The minimum atomic E-state index is 0.444. The van der Waals surface area contributed by atoms with Gasteiger partial charge in [0, 0.05) is 0 Å². The van der Waals surface area contributed by atoms with Gasteiger partial charge in [-0.3, -0.25) is 0 Å². The standard InChI is InChI=1S/C10H19IO2/c1-8-5-6-10(13-9(8)2)4-3-7-12-11/h8-10H,3-7H2,1-2H3. The van der Waals surface area contributed by atoms with Crippen LogP contribution in [0.15, 0.2) is 0 Å². The van der Waals surface area contributed by atoms with Crippen LogP contribution in [-0.2, 0) is 7.80 Å². The van der Waals surface area contributed by atoms with Crippen molar-refractivity contribution in [1.82, 2.24) is 0 Å². The predicted octanol–water partition coefficient (Wildman–Crippen LogP) is 3.34. The van der Waals surface area contributed by atoms with Gasteiger partial charge in [-0.1, -0.05) is 6.92 Å². The molecule has 0 amide bonds. The van der Waals surface area contributed by atoms with Gasteiger partial charge in [0.05, 0.1) is 18.8 Å². The van der Waals surface area contributed by atoms with Crippen molar-refractivity contribution in [3.05, 3.63) is 0 Å². The zero-order valence-electron chi connectivity index (χ0n) is 8.46. The molecule has 0 spiro atoms. The molecule has 78 valence electrons. The van der Waals surface area contributed by atoms with E-state index in [1.165, 1.54) is 12.8 Å². The monoisotopic (exact) mass is 298 g/mol. The highest BCUT2D eigenvalue weighted by molar-refractivity contribution is 14.1. The van der Waals surface area contributed by atoms with Crippen molar-refractivity contribution in [3.8, 4) is 0 Å². The summed E-state index contributed by atoms with van der Waals surface area (Å²) in [7, 11) is 0. The summed E-state index contributed by atoms with van der Waals surface area (Å²) >= 11 is 1.95. The van der Waals surface area contributed by atoms with Gasteiger partial charge in [-0.15, -0.1) is 0 Å². The van der Waals surface area contributed by atoms with Crippen LogP contribution < -0.4 is 0 Å². The number of ether oxygens (including phenoxy) is 1. The van der Waals surface area contributed by atoms with E-state index in [-0.39, 0.29) is 0 Å². The highest BCUT2D eigenvalue weighted by atomic mass is 127. The SMILES string of the molecule is CC1CCC(CCCOI)OC1C. The van der Waals surface area contributed by atoms with Crippen molar-refractivity contribution >= 4 is 23.0 Å². The first-order chi connectivity index (χ1) is 6.24. The highest BCUT2D eigenvalue weighted by Gasteiger charge is 2.24. The Morgan fingerprint density at radius 3 is 2.77 bits per heavy atom. The third-order valence-corrected chi connectivity index (χ3v) is 3.34. The molecule has 0 saturated carbocycles. The summed E-state index contributed by atoms with van der Waals surface area (Å²) in [5.74, 6) is 0.733. The molecule has 0 aromatic heterocycles. The first-order valence-electron chi connectivity index (χ1n) is 5.13. The van der Waals surface area contributed by atoms with Crippen LogP contribution in [0.1, 0.15) is 39.5 Å². The van der Waals surface area contributed by atoms with Gasteiger partial charge in [-0.2, -0.15) is 0 Å². The molecule has 1 heterocycles. The molecule has 1 rings (SSSR count). The lowest BCUT2D eigenvalue weighted by atomic mass is 9.93. The van der Waals surface area contributed by atoms with Gasteiger partial charge in [-0.05, 0) is 38.5 Å². The van der Waals surface area contributed by atoms with E-state index in [0.29, 0.717) is 12.2 Å². The van der Waals surface area contributed by atoms with Crippen LogP contribution in [0.25, 0.3) is 0 Å². The molecule has 0 aromatic carbocycles. The van der Waals surface area contributed by atoms with Crippen molar-refractivity contribution in [2.75, 3.05) is 6.61 Å². The summed E-state index contributed by atoms with van der Waals surface area (Å²) in [5.41, 5.74) is 0. The molecular weight excluding hydrogens is 279 g/mol. The van der Waals surface area contributed by atoms with Crippen LogP contribution in [-0.4, -0.2) is 18.8 Å². The molecule has 0 radical (unpaired) electrons. The average molecular weight is 298 g/mol. The summed E-state index contributed by atoms with van der Waals surface area (Å²) < 4.78 is 10.9. The first-order valence-corrected chi connectivity index (χ1v) is 6.01. The third-order valence-electron chi connectivity index (χ3n) is 2.90. The molecule has 2 nitrogen and oxygen atoms in total. The van der Waals surface area contributed by atoms with Crippen molar-refractivity contribution in [1.29, 1.82) is 0 Å². The Morgan fingerprint density at radius 1 is 1.38 bits per heavy atom. The van der Waals surface area contributed by atoms with E-state index in [1.54, 1.807) is 0 Å².